The van der Waals surface area contributed by atoms with Crippen LogP contribution in [0.4, 0.5) is 10.5 Å². The van der Waals surface area contributed by atoms with E-state index in [1.165, 1.54) is 0 Å². The minimum atomic E-state index is -0.505. The largest absolute Gasteiger partial charge is 0.488 e. The van der Waals surface area contributed by atoms with Gasteiger partial charge in [-0.15, -0.1) is 0 Å². The topological polar surface area (TPSA) is 75.7 Å². The highest BCUT2D eigenvalue weighted by Crippen LogP contribution is 2.34. The number of benzene rings is 3. The van der Waals surface area contributed by atoms with Gasteiger partial charge in [-0.1, -0.05) is 53.6 Å². The number of halogens is 2. The molecule has 1 N–H and O–H groups in total. The third-order valence-electron chi connectivity index (χ3n) is 5.11. The van der Waals surface area contributed by atoms with Gasteiger partial charge in [0.05, 0.1) is 9.38 Å². The summed E-state index contributed by atoms with van der Waals surface area (Å²) < 4.78 is 6.54. The van der Waals surface area contributed by atoms with E-state index in [-0.39, 0.29) is 11.4 Å². The lowest BCUT2D eigenvalue weighted by Gasteiger charge is -2.12. The van der Waals surface area contributed by atoms with E-state index < -0.39 is 17.1 Å². The molecule has 178 valence electrons. The van der Waals surface area contributed by atoms with Gasteiger partial charge in [-0.05, 0) is 76.6 Å². The fourth-order valence-corrected chi connectivity index (χ4v) is 4.80. The zero-order valence-electron chi connectivity index (χ0n) is 18.6. The summed E-state index contributed by atoms with van der Waals surface area (Å²) in [5.41, 5.74) is 3.23. The highest BCUT2D eigenvalue weighted by Gasteiger charge is 2.36. The van der Waals surface area contributed by atoms with E-state index in [0.717, 1.165) is 27.8 Å². The smallest absolute Gasteiger partial charge is 0.294 e. The minimum Gasteiger partial charge on any atom is -0.488 e. The Labute approximate surface area is 220 Å². The number of carbonyl (C=O) groups excluding carboxylic acids is 3. The maximum atomic E-state index is 12.8. The molecule has 3 amide bonds. The minimum absolute atomic E-state index is 0.245. The lowest BCUT2D eigenvalue weighted by molar-refractivity contribution is -0.127. The molecular formula is C26H20BrClN2O4S. The number of nitrogens with one attached hydrogen (secondary N) is 1. The zero-order chi connectivity index (χ0) is 24.9. The van der Waals surface area contributed by atoms with E-state index in [1.807, 2.05) is 37.3 Å². The van der Waals surface area contributed by atoms with E-state index in [2.05, 4.69) is 21.2 Å². The van der Waals surface area contributed by atoms with Crippen molar-refractivity contribution in [1.82, 2.24) is 4.90 Å². The first-order chi connectivity index (χ1) is 16.8. The van der Waals surface area contributed by atoms with Gasteiger partial charge in [0, 0.05) is 16.3 Å². The number of anilines is 1. The Morgan fingerprint density at radius 1 is 1.11 bits per heavy atom. The normalized spacial score (nSPS) is 14.5. The molecule has 0 unspecified atom stereocenters. The van der Waals surface area contributed by atoms with Gasteiger partial charge < -0.3 is 10.1 Å². The Morgan fingerprint density at radius 2 is 1.86 bits per heavy atom. The number of nitrogens with zero attached hydrogens (tertiary/aromatic N) is 1. The second-order valence-electron chi connectivity index (χ2n) is 7.75. The standard InChI is InChI=1S/C26H20BrClN2O4S/c1-16-6-9-19(10-7-16)29-24(31)14-30-25(32)23(35-26(30)33)13-17-8-11-22(20(27)12-17)34-15-18-4-2-3-5-21(18)28/h2-13H,14-15H2,1H3,(H,29,31)/b23-13+. The summed E-state index contributed by atoms with van der Waals surface area (Å²) in [4.78, 5) is 38.7. The second-order valence-corrected chi connectivity index (χ2v) is 10.0. The Kier molecular flexibility index (Phi) is 7.95. The molecule has 9 heteroatoms. The second kappa shape index (κ2) is 11.1. The molecule has 0 spiro atoms. The molecule has 1 saturated heterocycles. The molecule has 4 rings (SSSR count). The molecule has 0 bridgehead atoms. The van der Waals surface area contributed by atoms with Crippen molar-refractivity contribution in [2.45, 2.75) is 13.5 Å². The Hall–Kier alpha value is -3.07. The monoisotopic (exact) mass is 570 g/mol. The molecule has 1 aliphatic rings. The molecule has 6 nitrogen and oxygen atoms in total. The third-order valence-corrected chi connectivity index (χ3v) is 7.00. The molecule has 0 saturated carbocycles. The Balaban J connectivity index is 1.40. The van der Waals surface area contributed by atoms with Crippen LogP contribution < -0.4 is 10.1 Å². The number of carbonyl (C=O) groups is 3. The van der Waals surface area contributed by atoms with Gasteiger partial charge in [-0.25, -0.2) is 0 Å². The number of imide groups is 1. The van der Waals surface area contributed by atoms with Crippen molar-refractivity contribution in [1.29, 1.82) is 0 Å². The summed E-state index contributed by atoms with van der Waals surface area (Å²) in [5, 5.41) is 2.84. The van der Waals surface area contributed by atoms with Crippen LogP contribution in [0, 0.1) is 6.92 Å². The van der Waals surface area contributed by atoms with Crippen molar-refractivity contribution in [3.05, 3.63) is 97.8 Å². The van der Waals surface area contributed by atoms with Gasteiger partial charge >= 0.3 is 0 Å². The quantitative estimate of drug-likeness (QED) is 0.321. The molecule has 1 fully saturated rings. The van der Waals surface area contributed by atoms with E-state index in [0.29, 0.717) is 33.1 Å². The number of rotatable bonds is 7. The van der Waals surface area contributed by atoms with E-state index in [4.69, 9.17) is 16.3 Å². The number of amides is 3. The Bertz CT molecular complexity index is 1330. The predicted octanol–water partition coefficient (Wildman–Crippen LogP) is 6.66. The highest BCUT2D eigenvalue weighted by atomic mass is 79.9. The Morgan fingerprint density at radius 3 is 2.57 bits per heavy atom. The van der Waals surface area contributed by atoms with Crippen molar-refractivity contribution in [2.75, 3.05) is 11.9 Å². The van der Waals surface area contributed by atoms with E-state index in [9.17, 15) is 14.4 Å². The maximum Gasteiger partial charge on any atom is 0.294 e. The fourth-order valence-electron chi connectivity index (χ4n) is 3.26. The van der Waals surface area contributed by atoms with Crippen molar-refractivity contribution >= 4 is 68.1 Å². The first-order valence-corrected chi connectivity index (χ1v) is 12.6. The van der Waals surface area contributed by atoms with Crippen LogP contribution in [0.25, 0.3) is 6.08 Å². The van der Waals surface area contributed by atoms with Gasteiger partial charge in [-0.2, -0.15) is 0 Å². The molecule has 0 atom stereocenters. The van der Waals surface area contributed by atoms with Crippen LogP contribution in [0.1, 0.15) is 16.7 Å². The summed E-state index contributed by atoms with van der Waals surface area (Å²) in [6.07, 6.45) is 1.62. The van der Waals surface area contributed by atoms with E-state index in [1.54, 1.807) is 42.5 Å². The van der Waals surface area contributed by atoms with Crippen molar-refractivity contribution in [3.8, 4) is 5.75 Å². The molecule has 1 heterocycles. The average molecular weight is 572 g/mol. The predicted molar refractivity (Wildman–Crippen MR) is 142 cm³/mol. The zero-order valence-corrected chi connectivity index (χ0v) is 21.7. The number of thioether (sulfide) groups is 1. The van der Waals surface area contributed by atoms with Crippen LogP contribution in [0.15, 0.2) is 76.1 Å². The molecule has 0 aliphatic carbocycles. The molecule has 0 aromatic heterocycles. The van der Waals surface area contributed by atoms with Gasteiger partial charge in [-0.3, -0.25) is 19.3 Å². The molecule has 3 aromatic carbocycles. The van der Waals surface area contributed by atoms with Crippen LogP contribution in [-0.4, -0.2) is 28.5 Å². The van der Waals surface area contributed by atoms with Gasteiger partial charge in [0.1, 0.15) is 18.9 Å². The van der Waals surface area contributed by atoms with Crippen molar-refractivity contribution in [2.24, 2.45) is 0 Å². The SMILES string of the molecule is Cc1ccc(NC(=O)CN2C(=O)S/C(=C/c3ccc(OCc4ccccc4Cl)c(Br)c3)C2=O)cc1. The number of hydrogen-bond acceptors (Lipinski definition) is 5. The molecule has 0 radical (unpaired) electrons. The molecular weight excluding hydrogens is 552 g/mol. The van der Waals surface area contributed by atoms with Crippen LogP contribution in [0.2, 0.25) is 5.02 Å². The van der Waals surface area contributed by atoms with Crippen LogP contribution in [0.3, 0.4) is 0 Å². The maximum absolute atomic E-state index is 12.8. The lowest BCUT2D eigenvalue weighted by atomic mass is 10.2. The first kappa shape index (κ1) is 25.0. The fraction of sp³-hybridized carbons (Fsp3) is 0.115. The third kappa shape index (κ3) is 6.33. The number of ether oxygens (including phenoxy) is 1. The number of aryl methyl sites for hydroxylation is 1. The van der Waals surface area contributed by atoms with Gasteiger partial charge in [0.25, 0.3) is 11.1 Å². The summed E-state index contributed by atoms with van der Waals surface area (Å²) in [7, 11) is 0. The average Bonchev–Trinajstić information content (AvgIpc) is 3.08. The summed E-state index contributed by atoms with van der Waals surface area (Å²) in [6.45, 7) is 1.90. The molecule has 35 heavy (non-hydrogen) atoms. The van der Waals surface area contributed by atoms with Crippen molar-refractivity contribution < 1.29 is 19.1 Å². The van der Waals surface area contributed by atoms with Crippen LogP contribution >= 0.6 is 39.3 Å². The number of hydrogen-bond donors (Lipinski definition) is 1. The summed E-state index contributed by atoms with van der Waals surface area (Å²) in [5.74, 6) is -0.336. The summed E-state index contributed by atoms with van der Waals surface area (Å²) >= 11 is 10.5. The molecule has 3 aromatic rings. The van der Waals surface area contributed by atoms with Gasteiger partial charge in [0.15, 0.2) is 0 Å². The van der Waals surface area contributed by atoms with E-state index >= 15 is 0 Å². The van der Waals surface area contributed by atoms with Crippen molar-refractivity contribution in [3.63, 3.8) is 0 Å². The molecule has 1 aliphatic heterocycles. The highest BCUT2D eigenvalue weighted by molar-refractivity contribution is 9.10. The summed E-state index contributed by atoms with van der Waals surface area (Å²) in [6, 6.07) is 20.0. The first-order valence-electron chi connectivity index (χ1n) is 10.6. The van der Waals surface area contributed by atoms with Gasteiger partial charge in [0.2, 0.25) is 5.91 Å². The lowest BCUT2D eigenvalue weighted by Crippen LogP contribution is -2.36. The van der Waals surface area contributed by atoms with Crippen LogP contribution in [-0.2, 0) is 16.2 Å². The van der Waals surface area contributed by atoms with Crippen LogP contribution in [0.5, 0.6) is 5.75 Å².